The van der Waals surface area contributed by atoms with Crippen molar-refractivity contribution in [2.75, 3.05) is 26.2 Å². The zero-order valence-corrected chi connectivity index (χ0v) is 16.7. The highest BCUT2D eigenvalue weighted by Crippen LogP contribution is 2.31. The van der Waals surface area contributed by atoms with Crippen molar-refractivity contribution in [3.8, 4) is 0 Å². The Morgan fingerprint density at radius 3 is 2.76 bits per heavy atom. The van der Waals surface area contributed by atoms with Gasteiger partial charge in [-0.05, 0) is 23.4 Å². The van der Waals surface area contributed by atoms with Gasteiger partial charge in [0.1, 0.15) is 0 Å². The minimum absolute atomic E-state index is 0.000626. The van der Waals surface area contributed by atoms with Gasteiger partial charge < -0.3 is 4.90 Å². The number of non-ortho nitro benzene ring substituents is 1. The number of carbonyl (C=O) groups is 1. The molecular weight excluding hydrogens is 392 g/mol. The monoisotopic (exact) mass is 412 g/mol. The summed E-state index contributed by atoms with van der Waals surface area (Å²) in [5.41, 5.74) is 1.80. The first-order valence-electron chi connectivity index (χ1n) is 9.20. The molecule has 2 aliphatic heterocycles. The van der Waals surface area contributed by atoms with Gasteiger partial charge in [0.15, 0.2) is 5.17 Å². The third kappa shape index (κ3) is 4.54. The van der Waals surface area contributed by atoms with E-state index in [1.165, 1.54) is 29.5 Å². The lowest BCUT2D eigenvalue weighted by molar-refractivity contribution is -0.384. The Hall–Kier alpha value is -2.98. The minimum atomic E-state index is -0.446. The van der Waals surface area contributed by atoms with Crippen LogP contribution in [0.3, 0.4) is 0 Å². The van der Waals surface area contributed by atoms with Gasteiger partial charge >= 0.3 is 0 Å². The molecule has 1 fully saturated rings. The van der Waals surface area contributed by atoms with Crippen LogP contribution in [0.4, 0.5) is 5.69 Å². The summed E-state index contributed by atoms with van der Waals surface area (Å²) in [4.78, 5) is 31.9. The molecule has 29 heavy (non-hydrogen) atoms. The second kappa shape index (κ2) is 8.18. The predicted octanol–water partition coefficient (Wildman–Crippen LogP) is 2.12. The quantitative estimate of drug-likeness (QED) is 0.431. The molecule has 150 valence electrons. The summed E-state index contributed by atoms with van der Waals surface area (Å²) in [5, 5.41) is 15.8. The van der Waals surface area contributed by atoms with Gasteiger partial charge in [0.2, 0.25) is 0 Å². The van der Waals surface area contributed by atoms with Gasteiger partial charge in [0.25, 0.3) is 11.6 Å². The number of thioether (sulfide) groups is 1. The zero-order chi connectivity index (χ0) is 20.4. The number of aliphatic imine (C=N–C) groups is 1. The fourth-order valence-electron chi connectivity index (χ4n) is 3.32. The van der Waals surface area contributed by atoms with Crippen molar-refractivity contribution < 1.29 is 9.72 Å². The molecule has 0 atom stereocenters. The first-order valence-corrected chi connectivity index (χ1v) is 10.0. The van der Waals surface area contributed by atoms with Crippen molar-refractivity contribution in [2.24, 2.45) is 12.0 Å². The molecule has 0 radical (unpaired) electrons. The van der Waals surface area contributed by atoms with Crippen molar-refractivity contribution in [2.45, 2.75) is 6.54 Å². The minimum Gasteiger partial charge on any atom is -0.348 e. The number of amidine groups is 1. The number of aryl methyl sites for hydroxylation is 1. The van der Waals surface area contributed by atoms with Gasteiger partial charge in [0, 0.05) is 63.7 Å². The van der Waals surface area contributed by atoms with E-state index in [2.05, 4.69) is 19.9 Å². The van der Waals surface area contributed by atoms with E-state index in [1.807, 2.05) is 19.4 Å². The molecule has 4 rings (SSSR count). The van der Waals surface area contributed by atoms with Crippen molar-refractivity contribution in [1.29, 1.82) is 0 Å². The lowest BCUT2D eigenvalue weighted by Gasteiger charge is -2.35. The summed E-state index contributed by atoms with van der Waals surface area (Å²) in [6.07, 6.45) is 5.56. The summed E-state index contributed by atoms with van der Waals surface area (Å²) in [5.74, 6) is -0.297. The van der Waals surface area contributed by atoms with E-state index in [0.717, 1.165) is 32.7 Å². The topological polar surface area (TPSA) is 96.9 Å². The number of aromatic nitrogens is 2. The van der Waals surface area contributed by atoms with Crippen LogP contribution < -0.4 is 0 Å². The van der Waals surface area contributed by atoms with Crippen LogP contribution >= 0.6 is 11.8 Å². The highest BCUT2D eigenvalue weighted by Gasteiger charge is 2.28. The van der Waals surface area contributed by atoms with Crippen molar-refractivity contribution in [1.82, 2.24) is 19.6 Å². The van der Waals surface area contributed by atoms with Gasteiger partial charge in [-0.2, -0.15) is 10.1 Å². The molecular formula is C19H20N6O3S. The molecule has 0 aliphatic carbocycles. The maximum absolute atomic E-state index is 12.3. The van der Waals surface area contributed by atoms with E-state index in [4.69, 9.17) is 0 Å². The molecule has 9 nitrogen and oxygen atoms in total. The number of hydrogen-bond donors (Lipinski definition) is 0. The zero-order valence-electron chi connectivity index (χ0n) is 15.9. The second-order valence-electron chi connectivity index (χ2n) is 6.95. The number of nitrogens with zero attached hydrogens (tertiary/aromatic N) is 6. The van der Waals surface area contributed by atoms with Crippen LogP contribution in [0.25, 0.3) is 6.08 Å². The molecule has 0 spiro atoms. The van der Waals surface area contributed by atoms with Gasteiger partial charge in [-0.1, -0.05) is 12.1 Å². The second-order valence-corrected chi connectivity index (χ2v) is 7.96. The first kappa shape index (κ1) is 19.3. The van der Waals surface area contributed by atoms with Crippen molar-refractivity contribution in [3.63, 3.8) is 0 Å². The van der Waals surface area contributed by atoms with Gasteiger partial charge in [-0.25, -0.2) is 0 Å². The number of piperazine rings is 1. The fourth-order valence-corrected chi connectivity index (χ4v) is 4.29. The summed E-state index contributed by atoms with van der Waals surface area (Å²) >= 11 is 1.33. The number of carbonyl (C=O) groups excluding carboxylic acids is 1. The number of nitro benzene ring substituents is 1. The average Bonchev–Trinajstić information content (AvgIpc) is 3.28. The Kier molecular flexibility index (Phi) is 5.45. The summed E-state index contributed by atoms with van der Waals surface area (Å²) < 4.78 is 1.80. The molecule has 3 heterocycles. The van der Waals surface area contributed by atoms with E-state index < -0.39 is 4.92 Å². The largest absolute Gasteiger partial charge is 0.348 e. The standard InChI is InChI=1S/C19H20N6O3S/c1-22-12-15(11-20-22)13-23-5-7-24(8-6-23)19-21-18(26)17(29-19)10-14-3-2-4-16(9-14)25(27)28/h2-4,9-12H,5-8,13H2,1H3/b17-10-. The Morgan fingerprint density at radius 2 is 2.07 bits per heavy atom. The maximum atomic E-state index is 12.3. The molecule has 0 bridgehead atoms. The third-order valence-corrected chi connectivity index (χ3v) is 5.84. The van der Waals surface area contributed by atoms with Gasteiger partial charge in [0.05, 0.1) is 16.0 Å². The van der Waals surface area contributed by atoms with E-state index in [1.54, 1.807) is 22.9 Å². The summed E-state index contributed by atoms with van der Waals surface area (Å²) in [7, 11) is 1.91. The number of nitro groups is 1. The van der Waals surface area contributed by atoms with E-state index >= 15 is 0 Å². The number of rotatable bonds is 4. The number of benzene rings is 1. The fraction of sp³-hybridized carbons (Fsp3) is 0.316. The SMILES string of the molecule is Cn1cc(CN2CCN(C3=NC(=O)/C(=C/c4cccc([N+](=O)[O-])c4)S3)CC2)cn1. The van der Waals surface area contributed by atoms with Gasteiger partial charge in [-0.15, -0.1) is 0 Å². The summed E-state index contributed by atoms with van der Waals surface area (Å²) in [6.45, 7) is 4.21. The molecule has 2 aromatic rings. The molecule has 0 N–H and O–H groups in total. The van der Waals surface area contributed by atoms with Crippen LogP contribution in [0.15, 0.2) is 46.6 Å². The van der Waals surface area contributed by atoms with E-state index in [0.29, 0.717) is 15.6 Å². The molecule has 2 aliphatic rings. The molecule has 1 aromatic carbocycles. The number of amides is 1. The Balaban J connectivity index is 1.36. The molecule has 0 unspecified atom stereocenters. The highest BCUT2D eigenvalue weighted by atomic mass is 32.2. The molecule has 1 saturated heterocycles. The lowest BCUT2D eigenvalue weighted by atomic mass is 10.2. The first-order chi connectivity index (χ1) is 14.0. The Labute approximate surface area is 171 Å². The van der Waals surface area contributed by atoms with Crippen LogP contribution in [0, 0.1) is 10.1 Å². The van der Waals surface area contributed by atoms with Crippen molar-refractivity contribution in [3.05, 3.63) is 62.8 Å². The normalized spacial score (nSPS) is 19.1. The Bertz CT molecular complexity index is 1010. The van der Waals surface area contributed by atoms with Crippen LogP contribution in [0.5, 0.6) is 0 Å². The molecule has 0 saturated carbocycles. The summed E-state index contributed by atoms with van der Waals surface area (Å²) in [6, 6.07) is 6.23. The van der Waals surface area contributed by atoms with Crippen LogP contribution in [-0.2, 0) is 18.4 Å². The predicted molar refractivity (Wildman–Crippen MR) is 111 cm³/mol. The maximum Gasteiger partial charge on any atom is 0.286 e. The van der Waals surface area contributed by atoms with E-state index in [9.17, 15) is 14.9 Å². The Morgan fingerprint density at radius 1 is 1.28 bits per heavy atom. The average molecular weight is 412 g/mol. The molecule has 1 aromatic heterocycles. The molecule has 1 amide bonds. The van der Waals surface area contributed by atoms with Crippen LogP contribution in [-0.4, -0.2) is 61.8 Å². The number of hydrogen-bond acceptors (Lipinski definition) is 7. The molecule has 10 heteroatoms. The smallest absolute Gasteiger partial charge is 0.286 e. The van der Waals surface area contributed by atoms with Crippen LogP contribution in [0.1, 0.15) is 11.1 Å². The van der Waals surface area contributed by atoms with Gasteiger partial charge in [-0.3, -0.25) is 24.5 Å². The third-order valence-electron chi connectivity index (χ3n) is 4.80. The van der Waals surface area contributed by atoms with Crippen molar-refractivity contribution >= 4 is 34.6 Å². The van der Waals surface area contributed by atoms with E-state index in [-0.39, 0.29) is 11.6 Å². The highest BCUT2D eigenvalue weighted by molar-refractivity contribution is 8.18. The van der Waals surface area contributed by atoms with Crippen LogP contribution in [0.2, 0.25) is 0 Å². The lowest BCUT2D eigenvalue weighted by Crippen LogP contribution is -2.47.